The number of ether oxygens (including phenoxy) is 1. The summed E-state index contributed by atoms with van der Waals surface area (Å²) in [5.74, 6) is 0.909. The number of nitrogens with zero attached hydrogens (tertiary/aromatic N) is 3. The summed E-state index contributed by atoms with van der Waals surface area (Å²) in [5, 5.41) is 0.655. The fraction of sp³-hybridized carbons (Fsp3) is 0.611. The first-order valence-corrected chi connectivity index (χ1v) is 8.82. The number of amides is 1. The largest absolute Gasteiger partial charge is 0.494 e. The molecule has 1 unspecified atom stereocenters. The molecular weight excluding hydrogens is 326 g/mol. The molecule has 6 heteroatoms. The van der Waals surface area contributed by atoms with Crippen LogP contribution in [0.1, 0.15) is 18.9 Å². The molecule has 0 bridgehead atoms. The summed E-state index contributed by atoms with van der Waals surface area (Å²) < 4.78 is 5.63. The topological polar surface area (TPSA) is 36.0 Å². The molecule has 0 aromatic heterocycles. The Hall–Kier alpha value is -1.30. The number of halogens is 1. The van der Waals surface area contributed by atoms with Gasteiger partial charge in [0.1, 0.15) is 5.75 Å². The zero-order chi connectivity index (χ0) is 17.7. The van der Waals surface area contributed by atoms with Gasteiger partial charge in [-0.05, 0) is 45.6 Å². The molecule has 1 aliphatic rings. The molecule has 1 aliphatic heterocycles. The molecule has 0 spiro atoms. The maximum atomic E-state index is 12.5. The fourth-order valence-corrected chi connectivity index (χ4v) is 3.20. The van der Waals surface area contributed by atoms with Crippen LogP contribution in [0, 0.1) is 0 Å². The van der Waals surface area contributed by atoms with Crippen LogP contribution in [0.2, 0.25) is 5.02 Å². The number of likely N-dealkylation sites (tertiary alicyclic amines) is 1. The van der Waals surface area contributed by atoms with Crippen LogP contribution in [-0.2, 0) is 11.3 Å². The average molecular weight is 354 g/mol. The molecule has 1 fully saturated rings. The van der Waals surface area contributed by atoms with E-state index in [1.165, 1.54) is 0 Å². The lowest BCUT2D eigenvalue weighted by Crippen LogP contribution is -2.39. The predicted molar refractivity (Wildman–Crippen MR) is 97.6 cm³/mol. The highest BCUT2D eigenvalue weighted by Crippen LogP contribution is 2.24. The molecule has 0 saturated carbocycles. The number of hydrogen-bond donors (Lipinski definition) is 0. The van der Waals surface area contributed by atoms with E-state index >= 15 is 0 Å². The van der Waals surface area contributed by atoms with Crippen molar-refractivity contribution in [2.24, 2.45) is 0 Å². The number of benzene rings is 1. The molecule has 1 aromatic carbocycles. The van der Waals surface area contributed by atoms with Crippen LogP contribution < -0.4 is 4.74 Å². The van der Waals surface area contributed by atoms with E-state index in [0.29, 0.717) is 30.8 Å². The van der Waals surface area contributed by atoms with Gasteiger partial charge in [-0.1, -0.05) is 11.6 Å². The van der Waals surface area contributed by atoms with Crippen LogP contribution in [0.15, 0.2) is 18.2 Å². The molecule has 134 valence electrons. The molecule has 0 aliphatic carbocycles. The quantitative estimate of drug-likeness (QED) is 0.753. The molecule has 24 heavy (non-hydrogen) atoms. The minimum Gasteiger partial charge on any atom is -0.494 e. The predicted octanol–water partition coefficient (Wildman–Crippen LogP) is 2.33. The first-order valence-electron chi connectivity index (χ1n) is 8.44. The summed E-state index contributed by atoms with van der Waals surface area (Å²) in [4.78, 5) is 18.7. The highest BCUT2D eigenvalue weighted by molar-refractivity contribution is 6.30. The minimum absolute atomic E-state index is 0.122. The summed E-state index contributed by atoms with van der Waals surface area (Å²) in [7, 11) is 6.02. The number of hydrogen-bond acceptors (Lipinski definition) is 4. The van der Waals surface area contributed by atoms with Gasteiger partial charge in [0.25, 0.3) is 0 Å². The van der Waals surface area contributed by atoms with Crippen molar-refractivity contribution < 1.29 is 9.53 Å². The van der Waals surface area contributed by atoms with Gasteiger partial charge in [0.2, 0.25) is 5.91 Å². The standard InChI is InChI=1S/C18H28ClN3O2/c1-5-24-17-7-6-15(19)10-14(17)11-21(4)18(23)13-22-9-8-16(12-22)20(2)3/h6-7,10,16H,5,8-9,11-13H2,1-4H3. The second-order valence-corrected chi connectivity index (χ2v) is 7.01. The van der Waals surface area contributed by atoms with Crippen molar-refractivity contribution in [3.63, 3.8) is 0 Å². The lowest BCUT2D eigenvalue weighted by molar-refractivity contribution is -0.131. The van der Waals surface area contributed by atoms with Crippen LogP contribution in [0.3, 0.4) is 0 Å². The third-order valence-electron chi connectivity index (χ3n) is 4.49. The van der Waals surface area contributed by atoms with Gasteiger partial charge in [-0.3, -0.25) is 9.69 Å². The van der Waals surface area contributed by atoms with Gasteiger partial charge in [-0.15, -0.1) is 0 Å². The van der Waals surface area contributed by atoms with Crippen molar-refractivity contribution in [2.75, 3.05) is 47.4 Å². The lowest BCUT2D eigenvalue weighted by atomic mass is 10.2. The second-order valence-electron chi connectivity index (χ2n) is 6.58. The smallest absolute Gasteiger partial charge is 0.236 e. The van der Waals surface area contributed by atoms with Gasteiger partial charge in [-0.2, -0.15) is 0 Å². The van der Waals surface area contributed by atoms with E-state index in [1.807, 2.05) is 32.2 Å². The zero-order valence-electron chi connectivity index (χ0n) is 15.1. The Morgan fingerprint density at radius 2 is 2.12 bits per heavy atom. The summed E-state index contributed by atoms with van der Waals surface area (Å²) >= 11 is 6.09. The van der Waals surface area contributed by atoms with E-state index in [4.69, 9.17) is 16.3 Å². The van der Waals surface area contributed by atoms with E-state index < -0.39 is 0 Å². The van der Waals surface area contributed by atoms with Crippen LogP contribution in [0.5, 0.6) is 5.75 Å². The Labute approximate surface area is 150 Å². The maximum Gasteiger partial charge on any atom is 0.236 e. The fourth-order valence-electron chi connectivity index (χ4n) is 3.00. The van der Waals surface area contributed by atoms with E-state index in [1.54, 1.807) is 4.90 Å². The molecule has 0 radical (unpaired) electrons. The first-order chi connectivity index (χ1) is 11.4. The van der Waals surface area contributed by atoms with Crippen molar-refractivity contribution >= 4 is 17.5 Å². The highest BCUT2D eigenvalue weighted by atomic mass is 35.5. The third kappa shape index (κ3) is 5.10. The van der Waals surface area contributed by atoms with Crippen molar-refractivity contribution in [1.29, 1.82) is 0 Å². The number of likely N-dealkylation sites (N-methyl/N-ethyl adjacent to an activating group) is 2. The van der Waals surface area contributed by atoms with Crippen LogP contribution in [0.25, 0.3) is 0 Å². The molecule has 1 amide bonds. The van der Waals surface area contributed by atoms with Gasteiger partial charge in [0.05, 0.1) is 13.2 Å². The van der Waals surface area contributed by atoms with Gasteiger partial charge < -0.3 is 14.5 Å². The third-order valence-corrected chi connectivity index (χ3v) is 4.73. The number of carbonyl (C=O) groups is 1. The SMILES string of the molecule is CCOc1ccc(Cl)cc1CN(C)C(=O)CN1CCC(N(C)C)C1. The van der Waals surface area contributed by atoms with E-state index in [-0.39, 0.29) is 5.91 Å². The monoisotopic (exact) mass is 353 g/mol. The summed E-state index contributed by atoms with van der Waals surface area (Å²) in [6, 6.07) is 6.08. The summed E-state index contributed by atoms with van der Waals surface area (Å²) in [5.41, 5.74) is 0.938. The molecule has 5 nitrogen and oxygen atoms in total. The Balaban J connectivity index is 1.93. The Kier molecular flexibility index (Phi) is 6.90. The molecule has 2 rings (SSSR count). The number of carbonyl (C=O) groups excluding carboxylic acids is 1. The lowest BCUT2D eigenvalue weighted by Gasteiger charge is -2.23. The van der Waals surface area contributed by atoms with E-state index in [0.717, 1.165) is 30.8 Å². The van der Waals surface area contributed by atoms with Crippen molar-refractivity contribution in [3.8, 4) is 5.75 Å². The molecule has 1 aromatic rings. The van der Waals surface area contributed by atoms with Gasteiger partial charge in [0, 0.05) is 43.3 Å². The molecular formula is C18H28ClN3O2. The van der Waals surface area contributed by atoms with E-state index in [9.17, 15) is 4.79 Å². The van der Waals surface area contributed by atoms with Crippen LogP contribution in [-0.4, -0.2) is 74.0 Å². The Morgan fingerprint density at radius 1 is 1.38 bits per heavy atom. The Morgan fingerprint density at radius 3 is 2.75 bits per heavy atom. The molecule has 1 atom stereocenters. The van der Waals surface area contributed by atoms with Crippen LogP contribution in [0.4, 0.5) is 0 Å². The van der Waals surface area contributed by atoms with Crippen molar-refractivity contribution in [3.05, 3.63) is 28.8 Å². The first kappa shape index (κ1) is 19.0. The molecule has 1 saturated heterocycles. The van der Waals surface area contributed by atoms with Crippen LogP contribution >= 0.6 is 11.6 Å². The average Bonchev–Trinajstić information content (AvgIpc) is 2.99. The van der Waals surface area contributed by atoms with Crippen molar-refractivity contribution in [1.82, 2.24) is 14.7 Å². The normalized spacial score (nSPS) is 18.2. The van der Waals surface area contributed by atoms with E-state index in [2.05, 4.69) is 23.9 Å². The zero-order valence-corrected chi connectivity index (χ0v) is 15.8. The highest BCUT2D eigenvalue weighted by Gasteiger charge is 2.26. The van der Waals surface area contributed by atoms with Crippen molar-refractivity contribution in [2.45, 2.75) is 25.9 Å². The maximum absolute atomic E-state index is 12.5. The van der Waals surface area contributed by atoms with Gasteiger partial charge >= 0.3 is 0 Å². The minimum atomic E-state index is 0.122. The summed E-state index contributed by atoms with van der Waals surface area (Å²) in [6.45, 7) is 5.43. The van der Waals surface area contributed by atoms with Gasteiger partial charge in [-0.25, -0.2) is 0 Å². The molecule has 1 heterocycles. The second kappa shape index (κ2) is 8.70. The Bertz CT molecular complexity index is 565. The van der Waals surface area contributed by atoms with Gasteiger partial charge in [0.15, 0.2) is 0 Å². The summed E-state index contributed by atoms with van der Waals surface area (Å²) in [6.07, 6.45) is 1.12. The number of rotatable bonds is 7. The molecule has 0 N–H and O–H groups in total.